The summed E-state index contributed by atoms with van der Waals surface area (Å²) in [5.74, 6) is 0. The second-order valence-corrected chi connectivity index (χ2v) is 3.48. The van der Waals surface area contributed by atoms with Crippen molar-refractivity contribution in [3.05, 3.63) is 67.1 Å². The summed E-state index contributed by atoms with van der Waals surface area (Å²) in [5.41, 5.74) is 7.14. The molecular formula is C14H13N3. The van der Waals surface area contributed by atoms with Gasteiger partial charge in [0, 0.05) is 29.7 Å². The number of hydrogen-bond acceptors (Lipinski definition) is 3. The Bertz CT molecular complexity index is 513. The Labute approximate surface area is 100.0 Å². The van der Waals surface area contributed by atoms with Gasteiger partial charge in [-0.05, 0) is 24.3 Å². The van der Waals surface area contributed by atoms with E-state index < -0.39 is 0 Å². The van der Waals surface area contributed by atoms with E-state index in [1.807, 2.05) is 30.5 Å². The molecule has 1 aromatic carbocycles. The van der Waals surface area contributed by atoms with E-state index in [4.69, 9.17) is 5.73 Å². The van der Waals surface area contributed by atoms with Crippen molar-refractivity contribution in [2.75, 3.05) is 5.73 Å². The van der Waals surface area contributed by atoms with Crippen LogP contribution in [0, 0.1) is 0 Å². The maximum Gasteiger partial charge on any atom is 0.0701 e. The van der Waals surface area contributed by atoms with Crippen molar-refractivity contribution in [2.45, 2.75) is 0 Å². The van der Waals surface area contributed by atoms with Crippen LogP contribution in [-0.2, 0) is 0 Å². The number of pyridine rings is 2. The van der Waals surface area contributed by atoms with E-state index in [-0.39, 0.29) is 0 Å². The lowest BCUT2D eigenvalue weighted by Gasteiger charge is -1.91. The van der Waals surface area contributed by atoms with Gasteiger partial charge in [-0.1, -0.05) is 24.3 Å². The van der Waals surface area contributed by atoms with Gasteiger partial charge in [-0.3, -0.25) is 9.97 Å². The fraction of sp³-hybridized carbons (Fsp3) is 0. The van der Waals surface area contributed by atoms with Crippen LogP contribution in [0.25, 0.3) is 10.9 Å². The monoisotopic (exact) mass is 223 g/mol. The molecule has 0 unspecified atom stereocenters. The van der Waals surface area contributed by atoms with Crippen molar-refractivity contribution in [1.82, 2.24) is 9.97 Å². The molecule has 84 valence electrons. The summed E-state index contributed by atoms with van der Waals surface area (Å²) in [6.45, 7) is 0. The number of nitrogen functional groups attached to an aromatic ring is 1. The second kappa shape index (κ2) is 5.61. The van der Waals surface area contributed by atoms with E-state index in [0.29, 0.717) is 0 Å². The minimum Gasteiger partial charge on any atom is -0.399 e. The Morgan fingerprint density at radius 2 is 1.47 bits per heavy atom. The van der Waals surface area contributed by atoms with Crippen LogP contribution in [0.15, 0.2) is 67.1 Å². The Morgan fingerprint density at radius 3 is 2.12 bits per heavy atom. The quantitative estimate of drug-likeness (QED) is 0.637. The van der Waals surface area contributed by atoms with Gasteiger partial charge in [0.25, 0.3) is 0 Å². The van der Waals surface area contributed by atoms with Crippen LogP contribution in [-0.4, -0.2) is 9.97 Å². The number of aromatic nitrogens is 2. The maximum absolute atomic E-state index is 5.32. The van der Waals surface area contributed by atoms with Crippen molar-refractivity contribution < 1.29 is 0 Å². The molecule has 0 saturated heterocycles. The average molecular weight is 223 g/mol. The molecule has 2 heterocycles. The summed E-state index contributed by atoms with van der Waals surface area (Å²) in [7, 11) is 0. The van der Waals surface area contributed by atoms with Gasteiger partial charge in [-0.15, -0.1) is 0 Å². The molecule has 0 aliphatic heterocycles. The molecule has 2 aromatic heterocycles. The first kappa shape index (κ1) is 11.1. The van der Waals surface area contributed by atoms with Gasteiger partial charge in [-0.25, -0.2) is 0 Å². The van der Waals surface area contributed by atoms with Gasteiger partial charge in [0.1, 0.15) is 0 Å². The van der Waals surface area contributed by atoms with Crippen molar-refractivity contribution in [1.29, 1.82) is 0 Å². The lowest BCUT2D eigenvalue weighted by atomic mass is 10.2. The molecular weight excluding hydrogens is 210 g/mol. The fourth-order valence-corrected chi connectivity index (χ4v) is 1.38. The Kier molecular flexibility index (Phi) is 3.65. The number of nitrogens with two attached hydrogens (primary N) is 1. The number of hydrogen-bond donors (Lipinski definition) is 1. The van der Waals surface area contributed by atoms with E-state index in [0.717, 1.165) is 11.2 Å². The number of rotatable bonds is 0. The molecule has 3 rings (SSSR count). The molecule has 0 radical (unpaired) electrons. The summed E-state index contributed by atoms with van der Waals surface area (Å²) in [6, 6.07) is 15.6. The van der Waals surface area contributed by atoms with Crippen molar-refractivity contribution in [2.24, 2.45) is 0 Å². The van der Waals surface area contributed by atoms with Crippen molar-refractivity contribution >= 4 is 16.6 Å². The minimum atomic E-state index is 0.759. The normalized spacial score (nSPS) is 9.41. The first-order chi connectivity index (χ1) is 8.36. The van der Waals surface area contributed by atoms with E-state index in [9.17, 15) is 0 Å². The van der Waals surface area contributed by atoms with Crippen LogP contribution < -0.4 is 5.73 Å². The highest BCUT2D eigenvalue weighted by Crippen LogP contribution is 2.07. The summed E-state index contributed by atoms with van der Waals surface area (Å²) in [4.78, 5) is 7.95. The molecule has 3 heteroatoms. The highest BCUT2D eigenvalue weighted by atomic mass is 14.6. The molecule has 2 N–H and O–H groups in total. The molecule has 0 fully saturated rings. The van der Waals surface area contributed by atoms with Gasteiger partial charge in [-0.2, -0.15) is 0 Å². The molecule has 0 spiro atoms. The lowest BCUT2D eigenvalue weighted by molar-refractivity contribution is 1.33. The Morgan fingerprint density at radius 1 is 0.765 bits per heavy atom. The predicted molar refractivity (Wildman–Crippen MR) is 70.4 cm³/mol. The van der Waals surface area contributed by atoms with Crippen LogP contribution in [0.2, 0.25) is 0 Å². The third-order valence-electron chi connectivity index (χ3n) is 2.22. The first-order valence-electron chi connectivity index (χ1n) is 5.31. The molecule has 3 aromatic rings. The molecule has 3 nitrogen and oxygen atoms in total. The maximum atomic E-state index is 5.32. The summed E-state index contributed by atoms with van der Waals surface area (Å²) in [5, 5.41) is 1.20. The zero-order chi connectivity index (χ0) is 11.9. The predicted octanol–water partition coefficient (Wildman–Crippen LogP) is 2.90. The molecule has 17 heavy (non-hydrogen) atoms. The SMILES string of the molecule is Nc1ccncc1.c1ccc2ncccc2c1. The van der Waals surface area contributed by atoms with Gasteiger partial charge >= 0.3 is 0 Å². The van der Waals surface area contributed by atoms with Crippen molar-refractivity contribution in [3.63, 3.8) is 0 Å². The topological polar surface area (TPSA) is 51.8 Å². The zero-order valence-electron chi connectivity index (χ0n) is 9.32. The van der Waals surface area contributed by atoms with E-state index in [2.05, 4.69) is 22.1 Å². The van der Waals surface area contributed by atoms with Crippen LogP contribution in [0.3, 0.4) is 0 Å². The second-order valence-electron chi connectivity index (χ2n) is 3.48. The number of anilines is 1. The third kappa shape index (κ3) is 3.28. The largest absolute Gasteiger partial charge is 0.399 e. The molecule has 0 bridgehead atoms. The van der Waals surface area contributed by atoms with Crippen molar-refractivity contribution in [3.8, 4) is 0 Å². The number of benzene rings is 1. The highest BCUT2D eigenvalue weighted by Gasteiger charge is 1.86. The van der Waals surface area contributed by atoms with Crippen LogP contribution >= 0.6 is 0 Å². The van der Waals surface area contributed by atoms with Gasteiger partial charge in [0.15, 0.2) is 0 Å². The van der Waals surface area contributed by atoms with Crippen LogP contribution in [0.4, 0.5) is 5.69 Å². The van der Waals surface area contributed by atoms with E-state index >= 15 is 0 Å². The highest BCUT2D eigenvalue weighted by molar-refractivity contribution is 5.77. The summed E-state index contributed by atoms with van der Waals surface area (Å²) >= 11 is 0. The van der Waals surface area contributed by atoms with Crippen LogP contribution in [0.1, 0.15) is 0 Å². The number of fused-ring (bicyclic) bond motifs is 1. The number of nitrogens with zero attached hydrogens (tertiary/aromatic N) is 2. The molecule has 0 aliphatic carbocycles. The van der Waals surface area contributed by atoms with E-state index in [1.165, 1.54) is 5.39 Å². The molecule has 0 atom stereocenters. The average Bonchev–Trinajstić information content (AvgIpc) is 2.41. The van der Waals surface area contributed by atoms with E-state index in [1.54, 1.807) is 24.5 Å². The Balaban J connectivity index is 0.000000136. The smallest absolute Gasteiger partial charge is 0.0701 e. The van der Waals surface area contributed by atoms with Gasteiger partial charge in [0.05, 0.1) is 5.52 Å². The number of para-hydroxylation sites is 1. The fourth-order valence-electron chi connectivity index (χ4n) is 1.38. The summed E-state index contributed by atoms with van der Waals surface area (Å²) in [6.07, 6.45) is 5.13. The molecule has 0 aliphatic rings. The lowest BCUT2D eigenvalue weighted by Crippen LogP contribution is -1.81. The minimum absolute atomic E-state index is 0.759. The first-order valence-corrected chi connectivity index (χ1v) is 5.31. The van der Waals surface area contributed by atoms with Gasteiger partial charge < -0.3 is 5.73 Å². The standard InChI is InChI=1S/C9H7N.C5H6N2/c1-2-6-9-8(4-1)5-3-7-10-9;6-5-1-3-7-4-2-5/h1-7H;1-4H,(H2,6,7). The Hall–Kier alpha value is -2.42. The van der Waals surface area contributed by atoms with Gasteiger partial charge in [0.2, 0.25) is 0 Å². The third-order valence-corrected chi connectivity index (χ3v) is 2.22. The zero-order valence-corrected chi connectivity index (χ0v) is 9.32. The van der Waals surface area contributed by atoms with Crippen LogP contribution in [0.5, 0.6) is 0 Å². The molecule has 0 saturated carbocycles. The summed E-state index contributed by atoms with van der Waals surface area (Å²) < 4.78 is 0. The molecule has 0 amide bonds.